The highest BCUT2D eigenvalue weighted by molar-refractivity contribution is 6.30. The fraction of sp³-hybridized carbons (Fsp3) is 0.400. The minimum Gasteiger partial charge on any atom is -0.492 e. The summed E-state index contributed by atoms with van der Waals surface area (Å²) in [7, 11) is 0. The Hall–Kier alpha value is -1.55. The van der Waals surface area contributed by atoms with Crippen LogP contribution in [0.5, 0.6) is 5.75 Å². The van der Waals surface area contributed by atoms with Crippen LogP contribution in [0.3, 0.4) is 0 Å². The Morgan fingerprint density at radius 2 is 1.96 bits per heavy atom. The second-order valence-electron chi connectivity index (χ2n) is 6.53. The van der Waals surface area contributed by atoms with Crippen molar-refractivity contribution in [3.63, 3.8) is 0 Å². The molecule has 1 saturated heterocycles. The zero-order chi connectivity index (χ0) is 16.4. The monoisotopic (exact) mass is 343 g/mol. The summed E-state index contributed by atoms with van der Waals surface area (Å²) in [6, 6.07) is 16.5. The maximum Gasteiger partial charge on any atom is 0.125 e. The predicted molar refractivity (Wildman–Crippen MR) is 95.5 cm³/mol. The van der Waals surface area contributed by atoms with Crippen molar-refractivity contribution < 1.29 is 9.47 Å². The van der Waals surface area contributed by atoms with E-state index in [4.69, 9.17) is 21.1 Å². The number of rotatable bonds is 2. The van der Waals surface area contributed by atoms with Crippen molar-refractivity contribution in [2.45, 2.75) is 31.6 Å². The average molecular weight is 344 g/mol. The zero-order valence-corrected chi connectivity index (χ0v) is 14.4. The van der Waals surface area contributed by atoms with Crippen molar-refractivity contribution in [1.82, 2.24) is 4.90 Å². The molecule has 126 valence electrons. The Morgan fingerprint density at radius 1 is 1.08 bits per heavy atom. The van der Waals surface area contributed by atoms with Gasteiger partial charge < -0.3 is 9.47 Å². The molecule has 0 saturated carbocycles. The van der Waals surface area contributed by atoms with Crippen LogP contribution in [-0.2, 0) is 11.3 Å². The number of nitrogens with zero attached hydrogens (tertiary/aromatic N) is 1. The van der Waals surface area contributed by atoms with E-state index < -0.39 is 0 Å². The van der Waals surface area contributed by atoms with Crippen molar-refractivity contribution in [3.05, 3.63) is 64.7 Å². The van der Waals surface area contributed by atoms with Crippen LogP contribution >= 0.6 is 11.6 Å². The van der Waals surface area contributed by atoms with Crippen molar-refractivity contribution in [1.29, 1.82) is 0 Å². The van der Waals surface area contributed by atoms with Crippen LogP contribution in [0.25, 0.3) is 0 Å². The quantitative estimate of drug-likeness (QED) is 0.753. The van der Waals surface area contributed by atoms with E-state index in [-0.39, 0.29) is 6.10 Å². The SMILES string of the molecule is Clc1ccc2c(c1)C1OC1CCCN(Cc1ccccc1)CCO2. The molecule has 0 aliphatic carbocycles. The third kappa shape index (κ3) is 3.75. The van der Waals surface area contributed by atoms with E-state index in [1.165, 1.54) is 5.56 Å². The fourth-order valence-corrected chi connectivity index (χ4v) is 3.60. The number of halogens is 1. The van der Waals surface area contributed by atoms with Gasteiger partial charge in [-0.05, 0) is 43.1 Å². The number of benzene rings is 2. The third-order valence-electron chi connectivity index (χ3n) is 4.74. The molecule has 0 spiro atoms. The lowest BCUT2D eigenvalue weighted by Gasteiger charge is -2.22. The standard InChI is InChI=1S/C20H22ClNO2/c21-16-8-9-18-17(13-16)20-19(24-20)7-4-10-22(11-12-23-18)14-15-5-2-1-3-6-15/h1-3,5-6,8-9,13,19-20H,4,7,10-12,14H2. The summed E-state index contributed by atoms with van der Waals surface area (Å²) >= 11 is 6.15. The van der Waals surface area contributed by atoms with Crippen LogP contribution in [0, 0.1) is 0 Å². The van der Waals surface area contributed by atoms with Crippen LogP contribution in [-0.4, -0.2) is 30.7 Å². The molecule has 0 amide bonds. The molecule has 2 unspecified atom stereocenters. The Labute approximate surface area is 148 Å². The average Bonchev–Trinajstić information content (AvgIpc) is 3.35. The van der Waals surface area contributed by atoms with Gasteiger partial charge in [-0.2, -0.15) is 0 Å². The second-order valence-corrected chi connectivity index (χ2v) is 6.97. The van der Waals surface area contributed by atoms with Crippen LogP contribution in [0.4, 0.5) is 0 Å². The maximum absolute atomic E-state index is 6.15. The number of hydrogen-bond acceptors (Lipinski definition) is 3. The molecule has 0 aromatic heterocycles. The molecule has 0 radical (unpaired) electrons. The van der Waals surface area contributed by atoms with Crippen molar-refractivity contribution in [2.75, 3.05) is 19.7 Å². The summed E-state index contributed by atoms with van der Waals surface area (Å²) in [4.78, 5) is 2.47. The molecular weight excluding hydrogens is 322 g/mol. The predicted octanol–water partition coefficient (Wildman–Crippen LogP) is 4.45. The molecule has 4 heteroatoms. The molecule has 0 bridgehead atoms. The van der Waals surface area contributed by atoms with E-state index in [0.29, 0.717) is 12.7 Å². The van der Waals surface area contributed by atoms with Crippen molar-refractivity contribution in [2.24, 2.45) is 0 Å². The van der Waals surface area contributed by atoms with Gasteiger partial charge >= 0.3 is 0 Å². The smallest absolute Gasteiger partial charge is 0.125 e. The molecule has 24 heavy (non-hydrogen) atoms. The molecule has 2 aliphatic heterocycles. The minimum absolute atomic E-state index is 0.152. The van der Waals surface area contributed by atoms with E-state index in [1.807, 2.05) is 18.2 Å². The summed E-state index contributed by atoms with van der Waals surface area (Å²) in [5.74, 6) is 0.911. The van der Waals surface area contributed by atoms with E-state index in [0.717, 1.165) is 48.8 Å². The molecule has 2 heterocycles. The van der Waals surface area contributed by atoms with Crippen molar-refractivity contribution in [3.8, 4) is 5.75 Å². The van der Waals surface area contributed by atoms with Crippen LogP contribution in [0.1, 0.15) is 30.1 Å². The summed E-state index contributed by atoms with van der Waals surface area (Å²) < 4.78 is 11.9. The van der Waals surface area contributed by atoms with Crippen LogP contribution in [0.2, 0.25) is 5.02 Å². The Kier molecular flexibility index (Phi) is 4.74. The highest BCUT2D eigenvalue weighted by atomic mass is 35.5. The molecule has 0 N–H and O–H groups in total. The molecule has 2 aliphatic rings. The molecule has 1 fully saturated rings. The molecule has 3 nitrogen and oxygen atoms in total. The first-order chi connectivity index (χ1) is 11.8. The second kappa shape index (κ2) is 7.14. The van der Waals surface area contributed by atoms with Crippen LogP contribution in [0.15, 0.2) is 48.5 Å². The van der Waals surface area contributed by atoms with Gasteiger partial charge in [-0.25, -0.2) is 0 Å². The summed E-state index contributed by atoms with van der Waals surface area (Å²) in [6.45, 7) is 3.64. The lowest BCUT2D eigenvalue weighted by Crippen LogP contribution is -2.29. The maximum atomic E-state index is 6.15. The zero-order valence-electron chi connectivity index (χ0n) is 13.7. The molecule has 2 aromatic carbocycles. The topological polar surface area (TPSA) is 25.0 Å². The minimum atomic E-state index is 0.152. The Bertz CT molecular complexity index is 691. The van der Waals surface area contributed by atoms with Gasteiger partial charge in [0.15, 0.2) is 0 Å². The molecule has 2 aromatic rings. The van der Waals surface area contributed by atoms with E-state index in [9.17, 15) is 0 Å². The van der Waals surface area contributed by atoms with Gasteiger partial charge in [0.05, 0.1) is 6.10 Å². The van der Waals surface area contributed by atoms with Gasteiger partial charge in [0.25, 0.3) is 0 Å². The summed E-state index contributed by atoms with van der Waals surface area (Å²) in [5.41, 5.74) is 2.45. The first kappa shape index (κ1) is 15.9. The first-order valence-corrected chi connectivity index (χ1v) is 9.01. The number of ether oxygens (including phenoxy) is 2. The lowest BCUT2D eigenvalue weighted by atomic mass is 10.1. The summed E-state index contributed by atoms with van der Waals surface area (Å²) in [6.07, 6.45) is 2.69. The number of fused-ring (bicyclic) bond motifs is 3. The lowest BCUT2D eigenvalue weighted by molar-refractivity contribution is 0.195. The number of hydrogen-bond donors (Lipinski definition) is 0. The molecular formula is C20H22ClNO2. The van der Waals surface area contributed by atoms with Gasteiger partial charge in [-0.15, -0.1) is 0 Å². The van der Waals surface area contributed by atoms with Gasteiger partial charge in [-0.1, -0.05) is 41.9 Å². The van der Waals surface area contributed by atoms with Gasteiger partial charge in [-0.3, -0.25) is 4.90 Å². The first-order valence-electron chi connectivity index (χ1n) is 8.63. The van der Waals surface area contributed by atoms with E-state index in [1.54, 1.807) is 0 Å². The Morgan fingerprint density at radius 3 is 2.83 bits per heavy atom. The highest BCUT2D eigenvalue weighted by Gasteiger charge is 2.41. The van der Waals surface area contributed by atoms with Crippen molar-refractivity contribution >= 4 is 11.6 Å². The summed E-state index contributed by atoms with van der Waals surface area (Å²) in [5, 5.41) is 0.743. The van der Waals surface area contributed by atoms with E-state index >= 15 is 0 Å². The normalized spacial score (nSPS) is 24.2. The van der Waals surface area contributed by atoms with Gasteiger partial charge in [0.1, 0.15) is 18.5 Å². The number of epoxide rings is 1. The highest BCUT2D eigenvalue weighted by Crippen LogP contribution is 2.46. The largest absolute Gasteiger partial charge is 0.492 e. The van der Waals surface area contributed by atoms with Gasteiger partial charge in [0.2, 0.25) is 0 Å². The third-order valence-corrected chi connectivity index (χ3v) is 4.97. The Balaban J connectivity index is 1.47. The van der Waals surface area contributed by atoms with Crippen LogP contribution < -0.4 is 4.74 Å². The van der Waals surface area contributed by atoms with Gasteiger partial charge in [0, 0.05) is 23.7 Å². The van der Waals surface area contributed by atoms with E-state index in [2.05, 4.69) is 35.2 Å². The molecule has 4 rings (SSSR count). The molecule has 2 atom stereocenters. The fourth-order valence-electron chi connectivity index (χ4n) is 3.42.